The molecule has 8 heteroatoms. The van der Waals surface area contributed by atoms with Crippen LogP contribution in [0.4, 0.5) is 4.79 Å². The summed E-state index contributed by atoms with van der Waals surface area (Å²) in [5.41, 5.74) is 1.10. The molecule has 0 aromatic heterocycles. The first-order chi connectivity index (χ1) is 18.6. The third-order valence-electron chi connectivity index (χ3n) is 5.64. The summed E-state index contributed by atoms with van der Waals surface area (Å²) in [7, 11) is 0. The number of carbonyl (C=O) groups excluding carboxylic acids is 4. The van der Waals surface area contributed by atoms with Gasteiger partial charge in [0, 0.05) is 32.1 Å². The first kappa shape index (κ1) is 29.4. The lowest BCUT2D eigenvalue weighted by Gasteiger charge is -2.23. The number of benzene rings is 3. The zero-order valence-electron chi connectivity index (χ0n) is 22.2. The van der Waals surface area contributed by atoms with Crippen LogP contribution in [-0.2, 0) is 14.3 Å². The zero-order chi connectivity index (χ0) is 28.4. The summed E-state index contributed by atoms with van der Waals surface area (Å²) in [5, 5.41) is 2.48. The summed E-state index contributed by atoms with van der Waals surface area (Å²) in [6, 6.07) is 23.8. The molecule has 0 aliphatic heterocycles. The van der Waals surface area contributed by atoms with Gasteiger partial charge in [-0.1, -0.05) is 60.8 Å². The van der Waals surface area contributed by atoms with E-state index in [2.05, 4.69) is 11.9 Å². The van der Waals surface area contributed by atoms with Crippen molar-refractivity contribution in [1.82, 2.24) is 5.32 Å². The zero-order valence-corrected chi connectivity index (χ0v) is 23.0. The molecule has 7 nitrogen and oxygen atoms in total. The second kappa shape index (κ2) is 13.6. The Bertz CT molecular complexity index is 1330. The van der Waals surface area contributed by atoms with E-state index < -0.39 is 17.5 Å². The number of nitrogens with one attached hydrogen (secondary N) is 1. The Morgan fingerprint density at radius 1 is 0.795 bits per heavy atom. The lowest BCUT2D eigenvalue weighted by molar-refractivity contribution is -0.138. The van der Waals surface area contributed by atoms with Gasteiger partial charge in [-0.05, 0) is 57.2 Å². The number of ketones is 2. The molecule has 0 radical (unpaired) electrons. The average Bonchev–Trinajstić information content (AvgIpc) is 2.94. The van der Waals surface area contributed by atoms with Gasteiger partial charge in [0.2, 0.25) is 0 Å². The van der Waals surface area contributed by atoms with Crippen molar-refractivity contribution >= 4 is 35.4 Å². The predicted molar refractivity (Wildman–Crippen MR) is 150 cm³/mol. The molecule has 0 aliphatic carbocycles. The van der Waals surface area contributed by atoms with Crippen LogP contribution >= 0.6 is 11.8 Å². The third-order valence-corrected chi connectivity index (χ3v) is 6.65. The smallest absolute Gasteiger partial charge is 0.407 e. The molecule has 39 heavy (non-hydrogen) atoms. The minimum absolute atomic E-state index is 0.0105. The standard InChI is InChI=1S/C31H31NO6S/c1-21(2)29(35)37-19-18-32-30(36)38-20-31(3,4)28(34)24-12-16-26(17-13-24)39-25-14-10-23(11-15-25)27(33)22-8-6-5-7-9-22/h5-17H,1,18-20H2,2-4H3,(H,32,36). The highest BCUT2D eigenvalue weighted by atomic mass is 32.2. The first-order valence-corrected chi connectivity index (χ1v) is 13.1. The fourth-order valence-electron chi connectivity index (χ4n) is 3.41. The van der Waals surface area contributed by atoms with E-state index in [4.69, 9.17) is 9.47 Å². The van der Waals surface area contributed by atoms with Gasteiger partial charge >= 0.3 is 12.1 Å². The van der Waals surface area contributed by atoms with Gasteiger partial charge in [0.25, 0.3) is 0 Å². The van der Waals surface area contributed by atoms with Crippen molar-refractivity contribution in [2.45, 2.75) is 30.6 Å². The van der Waals surface area contributed by atoms with Crippen molar-refractivity contribution in [2.75, 3.05) is 19.8 Å². The van der Waals surface area contributed by atoms with E-state index >= 15 is 0 Å². The molecule has 3 aromatic rings. The van der Waals surface area contributed by atoms with Crippen LogP contribution in [0.3, 0.4) is 0 Å². The highest BCUT2D eigenvalue weighted by Crippen LogP contribution is 2.30. The number of amides is 1. The van der Waals surface area contributed by atoms with E-state index in [9.17, 15) is 19.2 Å². The molecule has 0 fully saturated rings. The Balaban J connectivity index is 1.49. The maximum atomic E-state index is 13.0. The number of esters is 1. The van der Waals surface area contributed by atoms with Crippen LogP contribution in [0, 0.1) is 5.41 Å². The Labute approximate surface area is 232 Å². The number of alkyl carbamates (subject to hydrolysis) is 1. The Morgan fingerprint density at radius 2 is 1.33 bits per heavy atom. The maximum Gasteiger partial charge on any atom is 0.407 e. The number of carbonyl (C=O) groups is 4. The fourth-order valence-corrected chi connectivity index (χ4v) is 4.23. The van der Waals surface area contributed by atoms with Crippen LogP contribution in [-0.4, -0.2) is 43.4 Å². The molecule has 0 bridgehead atoms. The number of rotatable bonds is 12. The molecule has 1 N–H and O–H groups in total. The topological polar surface area (TPSA) is 98.8 Å². The van der Waals surface area contributed by atoms with Crippen molar-refractivity contribution in [3.8, 4) is 0 Å². The number of Topliss-reactive ketones (excluding diaryl/α,β-unsaturated/α-hetero) is 1. The largest absolute Gasteiger partial charge is 0.460 e. The normalized spacial score (nSPS) is 10.8. The van der Waals surface area contributed by atoms with E-state index in [0.717, 1.165) is 9.79 Å². The van der Waals surface area contributed by atoms with Crippen LogP contribution in [0.5, 0.6) is 0 Å². The summed E-state index contributed by atoms with van der Waals surface area (Å²) in [4.78, 5) is 50.8. The van der Waals surface area contributed by atoms with Crippen LogP contribution in [0.15, 0.2) is 101 Å². The van der Waals surface area contributed by atoms with E-state index in [1.165, 1.54) is 18.7 Å². The number of hydrogen-bond donors (Lipinski definition) is 1. The molecule has 0 saturated heterocycles. The molecule has 202 valence electrons. The summed E-state index contributed by atoms with van der Waals surface area (Å²) < 4.78 is 10.1. The molecule has 0 heterocycles. The third kappa shape index (κ3) is 8.68. The SMILES string of the molecule is C=C(C)C(=O)OCCNC(=O)OCC(C)(C)C(=O)c1ccc(Sc2ccc(C(=O)c3ccccc3)cc2)cc1. The minimum Gasteiger partial charge on any atom is -0.460 e. The van der Waals surface area contributed by atoms with Gasteiger partial charge in [0.15, 0.2) is 11.6 Å². The average molecular weight is 546 g/mol. The highest BCUT2D eigenvalue weighted by molar-refractivity contribution is 7.99. The number of hydrogen-bond acceptors (Lipinski definition) is 7. The van der Waals surface area contributed by atoms with Crippen LogP contribution in [0.25, 0.3) is 0 Å². The van der Waals surface area contributed by atoms with Gasteiger partial charge in [-0.2, -0.15) is 0 Å². The summed E-state index contributed by atoms with van der Waals surface area (Å²) in [6.45, 7) is 8.38. The van der Waals surface area contributed by atoms with E-state index in [-0.39, 0.29) is 36.9 Å². The van der Waals surface area contributed by atoms with E-state index in [0.29, 0.717) is 16.7 Å². The molecule has 0 spiro atoms. The fraction of sp³-hybridized carbons (Fsp3) is 0.226. The Hall–Kier alpha value is -4.17. The number of ether oxygens (including phenoxy) is 2. The summed E-state index contributed by atoms with van der Waals surface area (Å²) in [6.07, 6.45) is -0.703. The highest BCUT2D eigenvalue weighted by Gasteiger charge is 2.30. The summed E-state index contributed by atoms with van der Waals surface area (Å²) >= 11 is 1.52. The second-order valence-electron chi connectivity index (χ2n) is 9.48. The molecule has 3 aromatic carbocycles. The first-order valence-electron chi connectivity index (χ1n) is 12.3. The van der Waals surface area contributed by atoms with Gasteiger partial charge in [0.05, 0.1) is 12.0 Å². The maximum absolute atomic E-state index is 13.0. The predicted octanol–water partition coefficient (Wildman–Crippen LogP) is 6.12. The monoisotopic (exact) mass is 545 g/mol. The van der Waals surface area contributed by atoms with E-state index in [1.54, 1.807) is 38.1 Å². The molecular weight excluding hydrogens is 514 g/mol. The van der Waals surface area contributed by atoms with Crippen LogP contribution in [0.2, 0.25) is 0 Å². The Kier molecular flexibility index (Phi) is 10.2. The molecule has 0 atom stereocenters. The minimum atomic E-state index is -0.945. The van der Waals surface area contributed by atoms with Crippen LogP contribution in [0.1, 0.15) is 47.1 Å². The van der Waals surface area contributed by atoms with Crippen molar-refractivity contribution in [3.63, 3.8) is 0 Å². The van der Waals surface area contributed by atoms with E-state index in [1.807, 2.05) is 54.6 Å². The van der Waals surface area contributed by atoms with Crippen molar-refractivity contribution in [2.24, 2.45) is 5.41 Å². The summed E-state index contributed by atoms with van der Waals surface area (Å²) in [5.74, 6) is -0.719. The van der Waals surface area contributed by atoms with Crippen molar-refractivity contribution < 1.29 is 28.7 Å². The quantitative estimate of drug-likeness (QED) is 0.127. The Morgan fingerprint density at radius 3 is 1.90 bits per heavy atom. The van der Waals surface area contributed by atoms with Crippen LogP contribution < -0.4 is 5.32 Å². The molecule has 0 unspecified atom stereocenters. The van der Waals surface area contributed by atoms with Crippen molar-refractivity contribution in [1.29, 1.82) is 0 Å². The van der Waals surface area contributed by atoms with Gasteiger partial charge < -0.3 is 14.8 Å². The second-order valence-corrected chi connectivity index (χ2v) is 10.6. The van der Waals surface area contributed by atoms with Gasteiger partial charge in [-0.15, -0.1) is 0 Å². The molecular formula is C31H31NO6S. The molecule has 1 amide bonds. The molecule has 0 saturated carbocycles. The molecule has 0 aliphatic rings. The van der Waals surface area contributed by atoms with Gasteiger partial charge in [-0.3, -0.25) is 9.59 Å². The lowest BCUT2D eigenvalue weighted by atomic mass is 9.85. The van der Waals surface area contributed by atoms with Gasteiger partial charge in [-0.25, -0.2) is 9.59 Å². The molecule has 3 rings (SSSR count). The van der Waals surface area contributed by atoms with Crippen molar-refractivity contribution in [3.05, 3.63) is 108 Å². The lowest BCUT2D eigenvalue weighted by Crippen LogP contribution is -2.35. The van der Waals surface area contributed by atoms with Gasteiger partial charge in [0.1, 0.15) is 13.2 Å².